The number of carbonyl (C=O) groups excluding carboxylic acids is 2. The van der Waals surface area contributed by atoms with Gasteiger partial charge in [-0.1, -0.05) is 66.6 Å². The summed E-state index contributed by atoms with van der Waals surface area (Å²) in [5, 5.41) is 2.70. The molecule has 2 rings (SSSR count). The summed E-state index contributed by atoms with van der Waals surface area (Å²) in [7, 11) is 1.62. The fraction of sp³-hybridized carbons (Fsp3) is 0.391. The third kappa shape index (κ3) is 5.95. The Bertz CT molecular complexity index is 768. The van der Waals surface area contributed by atoms with Crippen LogP contribution < -0.4 is 5.32 Å². The molecule has 0 aliphatic rings. The molecule has 0 unspecified atom stereocenters. The average Bonchev–Trinajstić information content (AvgIpc) is 2.67. The van der Waals surface area contributed by atoms with Crippen molar-refractivity contribution in [3.8, 4) is 0 Å². The maximum absolute atomic E-state index is 13.0. The highest BCUT2D eigenvalue weighted by molar-refractivity contribution is 5.87. The summed E-state index contributed by atoms with van der Waals surface area (Å²) in [4.78, 5) is 27.1. The molecule has 0 heterocycles. The first-order valence-electron chi connectivity index (χ1n) is 9.56. The molecule has 0 saturated carbocycles. The van der Waals surface area contributed by atoms with Crippen molar-refractivity contribution in [3.63, 3.8) is 0 Å². The number of benzene rings is 2. The van der Waals surface area contributed by atoms with Crippen LogP contribution in [-0.2, 0) is 22.6 Å². The van der Waals surface area contributed by atoms with Gasteiger partial charge in [0, 0.05) is 20.0 Å². The summed E-state index contributed by atoms with van der Waals surface area (Å²) < 4.78 is 0. The highest BCUT2D eigenvalue weighted by atomic mass is 16.2. The second-order valence-electron chi connectivity index (χ2n) is 7.03. The van der Waals surface area contributed by atoms with Crippen molar-refractivity contribution in [2.75, 3.05) is 7.05 Å². The van der Waals surface area contributed by atoms with E-state index in [-0.39, 0.29) is 11.8 Å². The van der Waals surface area contributed by atoms with Crippen LogP contribution in [0.5, 0.6) is 0 Å². The van der Waals surface area contributed by atoms with Gasteiger partial charge in [-0.25, -0.2) is 0 Å². The summed E-state index contributed by atoms with van der Waals surface area (Å²) in [6, 6.07) is 15.9. The number of amides is 2. The second-order valence-corrected chi connectivity index (χ2v) is 7.03. The molecule has 4 heteroatoms. The van der Waals surface area contributed by atoms with Gasteiger partial charge in [0.15, 0.2) is 0 Å². The van der Waals surface area contributed by atoms with Crippen LogP contribution >= 0.6 is 0 Å². The third-order valence-corrected chi connectivity index (χ3v) is 4.82. The van der Waals surface area contributed by atoms with Gasteiger partial charge >= 0.3 is 0 Å². The van der Waals surface area contributed by atoms with Gasteiger partial charge in [-0.15, -0.1) is 0 Å². The predicted molar refractivity (Wildman–Crippen MR) is 109 cm³/mol. The Labute approximate surface area is 162 Å². The van der Waals surface area contributed by atoms with Crippen molar-refractivity contribution in [3.05, 3.63) is 70.8 Å². The molecule has 2 amide bonds. The SMILES string of the molecule is CC[C@H](C(=O)NC)N(Cc1cccc(C)c1)C(=O)CCc1ccc(C)cc1. The molecule has 0 aliphatic heterocycles. The summed E-state index contributed by atoms with van der Waals surface area (Å²) in [6.07, 6.45) is 1.65. The minimum Gasteiger partial charge on any atom is -0.357 e. The van der Waals surface area contributed by atoms with Gasteiger partial charge in [-0.05, 0) is 37.8 Å². The van der Waals surface area contributed by atoms with Gasteiger partial charge in [0.1, 0.15) is 6.04 Å². The van der Waals surface area contributed by atoms with Crippen molar-refractivity contribution in [2.45, 2.75) is 52.6 Å². The highest BCUT2D eigenvalue weighted by Gasteiger charge is 2.27. The molecule has 2 aromatic rings. The van der Waals surface area contributed by atoms with E-state index in [1.54, 1.807) is 11.9 Å². The Balaban J connectivity index is 2.17. The monoisotopic (exact) mass is 366 g/mol. The van der Waals surface area contributed by atoms with Crippen molar-refractivity contribution in [1.82, 2.24) is 10.2 Å². The van der Waals surface area contributed by atoms with Crippen molar-refractivity contribution in [2.24, 2.45) is 0 Å². The highest BCUT2D eigenvalue weighted by Crippen LogP contribution is 2.16. The first-order chi connectivity index (χ1) is 12.9. The molecule has 144 valence electrons. The number of nitrogens with one attached hydrogen (secondary N) is 1. The summed E-state index contributed by atoms with van der Waals surface area (Å²) in [5.41, 5.74) is 4.53. The van der Waals surface area contributed by atoms with Crippen LogP contribution in [0.1, 0.15) is 42.0 Å². The lowest BCUT2D eigenvalue weighted by atomic mass is 10.0. The third-order valence-electron chi connectivity index (χ3n) is 4.82. The first kappa shape index (κ1) is 20.7. The van der Waals surface area contributed by atoms with Gasteiger partial charge in [-0.2, -0.15) is 0 Å². The summed E-state index contributed by atoms with van der Waals surface area (Å²) in [5.74, 6) is -0.110. The second kappa shape index (κ2) is 9.91. The lowest BCUT2D eigenvalue weighted by Gasteiger charge is -2.30. The molecule has 1 N–H and O–H groups in total. The van der Waals surface area contributed by atoms with E-state index in [0.717, 1.165) is 16.7 Å². The zero-order valence-electron chi connectivity index (χ0n) is 16.8. The van der Waals surface area contributed by atoms with E-state index in [1.165, 1.54) is 5.56 Å². The van der Waals surface area contributed by atoms with E-state index in [1.807, 2.05) is 39.0 Å². The Morgan fingerprint density at radius 3 is 2.30 bits per heavy atom. The number of likely N-dealkylation sites (N-methyl/N-ethyl adjacent to an activating group) is 1. The minimum absolute atomic E-state index is 0.00697. The van der Waals surface area contributed by atoms with Gasteiger partial charge in [0.25, 0.3) is 0 Å². The van der Waals surface area contributed by atoms with E-state index in [0.29, 0.717) is 25.8 Å². The Hall–Kier alpha value is -2.62. The van der Waals surface area contributed by atoms with Gasteiger partial charge in [0.05, 0.1) is 0 Å². The lowest BCUT2D eigenvalue weighted by Crippen LogP contribution is -2.48. The van der Waals surface area contributed by atoms with Gasteiger partial charge < -0.3 is 10.2 Å². The Kier molecular flexibility index (Phi) is 7.59. The molecule has 4 nitrogen and oxygen atoms in total. The van der Waals surface area contributed by atoms with E-state index in [4.69, 9.17) is 0 Å². The zero-order valence-corrected chi connectivity index (χ0v) is 16.8. The molecule has 0 fully saturated rings. The molecular formula is C23H30N2O2. The molecule has 0 aromatic heterocycles. The maximum atomic E-state index is 13.0. The van der Waals surface area contributed by atoms with Crippen molar-refractivity contribution in [1.29, 1.82) is 0 Å². The molecule has 27 heavy (non-hydrogen) atoms. The molecule has 1 atom stereocenters. The summed E-state index contributed by atoms with van der Waals surface area (Å²) >= 11 is 0. The smallest absolute Gasteiger partial charge is 0.242 e. The van der Waals surface area contributed by atoms with E-state index in [9.17, 15) is 9.59 Å². The van der Waals surface area contributed by atoms with Gasteiger partial charge in [-0.3, -0.25) is 9.59 Å². The molecule has 0 saturated heterocycles. The normalized spacial score (nSPS) is 11.7. The standard InChI is InChI=1S/C23H30N2O2/c1-5-21(23(27)24-4)25(16-20-8-6-7-18(3)15-20)22(26)14-13-19-11-9-17(2)10-12-19/h6-12,15,21H,5,13-14,16H2,1-4H3,(H,24,27)/t21-/m1/s1. The first-order valence-corrected chi connectivity index (χ1v) is 9.56. The quantitative estimate of drug-likeness (QED) is 0.773. The molecular weight excluding hydrogens is 336 g/mol. The number of aryl methyl sites for hydroxylation is 3. The largest absolute Gasteiger partial charge is 0.357 e. The van der Waals surface area contributed by atoms with Crippen LogP contribution in [0.2, 0.25) is 0 Å². The van der Waals surface area contributed by atoms with Crippen LogP contribution in [0.25, 0.3) is 0 Å². The van der Waals surface area contributed by atoms with Crippen LogP contribution in [-0.4, -0.2) is 29.8 Å². The fourth-order valence-electron chi connectivity index (χ4n) is 3.24. The molecule has 0 spiro atoms. The Morgan fingerprint density at radius 1 is 1.00 bits per heavy atom. The number of rotatable bonds is 8. The van der Waals surface area contributed by atoms with E-state index >= 15 is 0 Å². The van der Waals surface area contributed by atoms with Crippen LogP contribution in [0, 0.1) is 13.8 Å². The van der Waals surface area contributed by atoms with Gasteiger partial charge in [0.2, 0.25) is 11.8 Å². The van der Waals surface area contributed by atoms with E-state index in [2.05, 4.69) is 35.6 Å². The van der Waals surface area contributed by atoms with Crippen LogP contribution in [0.4, 0.5) is 0 Å². The number of nitrogens with zero attached hydrogens (tertiary/aromatic N) is 1. The topological polar surface area (TPSA) is 49.4 Å². The van der Waals surface area contributed by atoms with Crippen LogP contribution in [0.3, 0.4) is 0 Å². The lowest BCUT2D eigenvalue weighted by molar-refractivity contribution is -0.141. The average molecular weight is 367 g/mol. The number of hydrogen-bond acceptors (Lipinski definition) is 2. The predicted octanol–water partition coefficient (Wildman–Crippen LogP) is 3.79. The van der Waals surface area contributed by atoms with Crippen LogP contribution in [0.15, 0.2) is 48.5 Å². The molecule has 2 aromatic carbocycles. The molecule has 0 aliphatic carbocycles. The maximum Gasteiger partial charge on any atom is 0.242 e. The Morgan fingerprint density at radius 2 is 1.70 bits per heavy atom. The summed E-state index contributed by atoms with van der Waals surface area (Å²) in [6.45, 7) is 6.47. The zero-order chi connectivity index (χ0) is 19.8. The fourth-order valence-corrected chi connectivity index (χ4v) is 3.24. The number of hydrogen-bond donors (Lipinski definition) is 1. The molecule has 0 bridgehead atoms. The molecule has 0 radical (unpaired) electrons. The van der Waals surface area contributed by atoms with E-state index < -0.39 is 6.04 Å². The van der Waals surface area contributed by atoms with Crippen molar-refractivity contribution >= 4 is 11.8 Å². The number of carbonyl (C=O) groups is 2. The minimum atomic E-state index is -0.457. The van der Waals surface area contributed by atoms with Crippen molar-refractivity contribution < 1.29 is 9.59 Å².